The zero-order chi connectivity index (χ0) is 14.2. The van der Waals surface area contributed by atoms with Crippen molar-refractivity contribution >= 4 is 0 Å². The molecule has 1 aromatic heterocycles. The fourth-order valence-corrected chi connectivity index (χ4v) is 2.21. The molecule has 0 saturated carbocycles. The van der Waals surface area contributed by atoms with Crippen molar-refractivity contribution in [3.8, 4) is 0 Å². The fraction of sp³-hybridized carbons (Fsp3) is 0.533. The molecule has 1 N–H and O–H groups in total. The Morgan fingerprint density at radius 1 is 1.25 bits per heavy atom. The van der Waals surface area contributed by atoms with E-state index in [9.17, 15) is 0 Å². The minimum Gasteiger partial charge on any atom is -0.307 e. The summed E-state index contributed by atoms with van der Waals surface area (Å²) in [6.07, 6.45) is 3.21. The first-order chi connectivity index (χ1) is 9.81. The van der Waals surface area contributed by atoms with Crippen LogP contribution < -0.4 is 5.32 Å². The number of aromatic nitrogens is 4. The Labute approximate surface area is 120 Å². The van der Waals surface area contributed by atoms with E-state index < -0.39 is 0 Å². The summed E-state index contributed by atoms with van der Waals surface area (Å²) in [6.45, 7) is 6.10. The van der Waals surface area contributed by atoms with Gasteiger partial charge in [-0.2, -0.15) is 0 Å². The minimum atomic E-state index is 0.196. The second-order valence-corrected chi connectivity index (χ2v) is 5.03. The van der Waals surface area contributed by atoms with Crippen molar-refractivity contribution in [1.29, 1.82) is 0 Å². The van der Waals surface area contributed by atoms with Crippen LogP contribution in [-0.2, 0) is 13.0 Å². The van der Waals surface area contributed by atoms with Gasteiger partial charge in [-0.05, 0) is 48.7 Å². The number of tetrazole rings is 1. The van der Waals surface area contributed by atoms with Gasteiger partial charge in [0.1, 0.15) is 0 Å². The SMILES string of the molecule is CCCNC(C)c1nnnn1CCCc1ccccc1. The minimum absolute atomic E-state index is 0.196. The Hall–Kier alpha value is -1.75. The van der Waals surface area contributed by atoms with Gasteiger partial charge in [-0.1, -0.05) is 37.3 Å². The van der Waals surface area contributed by atoms with Crippen LogP contribution in [0.2, 0.25) is 0 Å². The van der Waals surface area contributed by atoms with Gasteiger partial charge < -0.3 is 5.32 Å². The van der Waals surface area contributed by atoms with Gasteiger partial charge in [-0.3, -0.25) is 0 Å². The van der Waals surface area contributed by atoms with Crippen LogP contribution in [0.1, 0.15) is 44.1 Å². The molecule has 0 amide bonds. The van der Waals surface area contributed by atoms with Crippen LogP contribution >= 0.6 is 0 Å². The summed E-state index contributed by atoms with van der Waals surface area (Å²) in [5.74, 6) is 0.923. The van der Waals surface area contributed by atoms with Gasteiger partial charge in [-0.15, -0.1) is 5.10 Å². The number of hydrogen-bond acceptors (Lipinski definition) is 4. The number of hydrogen-bond donors (Lipinski definition) is 1. The van der Waals surface area contributed by atoms with Gasteiger partial charge in [0.15, 0.2) is 5.82 Å². The van der Waals surface area contributed by atoms with Crippen LogP contribution in [0.4, 0.5) is 0 Å². The van der Waals surface area contributed by atoms with E-state index in [2.05, 4.69) is 59.0 Å². The second kappa shape index (κ2) is 7.75. The first kappa shape index (κ1) is 14.7. The van der Waals surface area contributed by atoms with Crippen molar-refractivity contribution in [2.75, 3.05) is 6.54 Å². The van der Waals surface area contributed by atoms with E-state index in [1.54, 1.807) is 0 Å². The summed E-state index contributed by atoms with van der Waals surface area (Å²) in [5.41, 5.74) is 1.36. The van der Waals surface area contributed by atoms with Crippen LogP contribution in [0.3, 0.4) is 0 Å². The third-order valence-electron chi connectivity index (χ3n) is 3.33. The van der Waals surface area contributed by atoms with E-state index in [0.717, 1.165) is 38.2 Å². The molecule has 0 saturated heterocycles. The van der Waals surface area contributed by atoms with E-state index in [-0.39, 0.29) is 6.04 Å². The molecule has 0 aliphatic rings. The van der Waals surface area contributed by atoms with Crippen molar-refractivity contribution in [3.63, 3.8) is 0 Å². The molecule has 108 valence electrons. The predicted molar refractivity (Wildman–Crippen MR) is 79.3 cm³/mol. The van der Waals surface area contributed by atoms with Crippen LogP contribution in [0.25, 0.3) is 0 Å². The molecule has 0 bridgehead atoms. The Bertz CT molecular complexity index is 494. The molecule has 0 aliphatic carbocycles. The van der Waals surface area contributed by atoms with Crippen molar-refractivity contribution < 1.29 is 0 Å². The van der Waals surface area contributed by atoms with E-state index >= 15 is 0 Å². The molecular formula is C15H23N5. The highest BCUT2D eigenvalue weighted by atomic mass is 15.5. The maximum Gasteiger partial charge on any atom is 0.167 e. The van der Waals surface area contributed by atoms with E-state index in [1.807, 2.05) is 10.7 Å². The lowest BCUT2D eigenvalue weighted by Gasteiger charge is -2.12. The maximum absolute atomic E-state index is 4.13. The summed E-state index contributed by atoms with van der Waals surface area (Å²) in [6, 6.07) is 10.7. The van der Waals surface area contributed by atoms with Gasteiger partial charge >= 0.3 is 0 Å². The summed E-state index contributed by atoms with van der Waals surface area (Å²) < 4.78 is 1.91. The van der Waals surface area contributed by atoms with Crippen molar-refractivity contribution in [1.82, 2.24) is 25.5 Å². The Morgan fingerprint density at radius 2 is 2.05 bits per heavy atom. The fourth-order valence-electron chi connectivity index (χ4n) is 2.21. The van der Waals surface area contributed by atoms with Crippen molar-refractivity contribution in [3.05, 3.63) is 41.7 Å². The molecule has 1 atom stereocenters. The Kier molecular flexibility index (Phi) is 5.68. The molecule has 0 radical (unpaired) electrons. The van der Waals surface area contributed by atoms with E-state index in [4.69, 9.17) is 0 Å². The molecule has 0 fully saturated rings. The van der Waals surface area contributed by atoms with Crippen LogP contribution in [0, 0.1) is 0 Å². The lowest BCUT2D eigenvalue weighted by Crippen LogP contribution is -2.23. The number of aryl methyl sites for hydroxylation is 2. The van der Waals surface area contributed by atoms with Gasteiger partial charge in [0.25, 0.3) is 0 Å². The number of benzene rings is 1. The highest BCUT2D eigenvalue weighted by Crippen LogP contribution is 2.09. The Balaban J connectivity index is 1.85. The average molecular weight is 273 g/mol. The van der Waals surface area contributed by atoms with Gasteiger partial charge in [0.05, 0.1) is 6.04 Å². The van der Waals surface area contributed by atoms with Crippen LogP contribution in [-0.4, -0.2) is 26.8 Å². The molecule has 0 aliphatic heterocycles. The number of rotatable bonds is 8. The molecule has 1 unspecified atom stereocenters. The molecule has 5 nitrogen and oxygen atoms in total. The van der Waals surface area contributed by atoms with Crippen LogP contribution in [0.15, 0.2) is 30.3 Å². The van der Waals surface area contributed by atoms with Crippen molar-refractivity contribution in [2.24, 2.45) is 0 Å². The smallest absolute Gasteiger partial charge is 0.167 e. The Morgan fingerprint density at radius 3 is 2.80 bits per heavy atom. The van der Waals surface area contributed by atoms with Crippen LogP contribution in [0.5, 0.6) is 0 Å². The number of nitrogens with one attached hydrogen (secondary N) is 1. The summed E-state index contributed by atoms with van der Waals surface area (Å²) in [4.78, 5) is 0. The zero-order valence-electron chi connectivity index (χ0n) is 12.3. The van der Waals surface area contributed by atoms with E-state index in [0.29, 0.717) is 0 Å². The molecule has 20 heavy (non-hydrogen) atoms. The third kappa shape index (κ3) is 4.13. The molecule has 5 heteroatoms. The monoisotopic (exact) mass is 273 g/mol. The first-order valence-corrected chi connectivity index (χ1v) is 7.34. The molecule has 1 aromatic carbocycles. The lowest BCUT2D eigenvalue weighted by molar-refractivity contribution is 0.476. The number of nitrogens with zero attached hydrogens (tertiary/aromatic N) is 4. The quantitative estimate of drug-likeness (QED) is 0.802. The van der Waals surface area contributed by atoms with E-state index in [1.165, 1.54) is 5.56 Å². The maximum atomic E-state index is 4.13. The van der Waals surface area contributed by atoms with Crippen molar-refractivity contribution in [2.45, 2.75) is 45.7 Å². The predicted octanol–water partition coefficient (Wildman–Crippen LogP) is 2.37. The highest BCUT2D eigenvalue weighted by molar-refractivity contribution is 5.14. The third-order valence-corrected chi connectivity index (χ3v) is 3.33. The summed E-state index contributed by atoms with van der Waals surface area (Å²) in [7, 11) is 0. The highest BCUT2D eigenvalue weighted by Gasteiger charge is 2.13. The topological polar surface area (TPSA) is 55.6 Å². The summed E-state index contributed by atoms with van der Waals surface area (Å²) >= 11 is 0. The normalized spacial score (nSPS) is 12.5. The second-order valence-electron chi connectivity index (χ2n) is 5.03. The summed E-state index contributed by atoms with van der Waals surface area (Å²) in [5, 5.41) is 15.4. The molecule has 2 aromatic rings. The first-order valence-electron chi connectivity index (χ1n) is 7.34. The van der Waals surface area contributed by atoms with Gasteiger partial charge in [0.2, 0.25) is 0 Å². The standard InChI is InChI=1S/C15H23N5/c1-3-11-16-13(2)15-17-18-19-20(15)12-7-10-14-8-5-4-6-9-14/h4-6,8-9,13,16H,3,7,10-12H2,1-2H3. The molecule has 0 spiro atoms. The average Bonchev–Trinajstić information content (AvgIpc) is 2.94. The van der Waals surface area contributed by atoms with Gasteiger partial charge in [-0.25, -0.2) is 4.68 Å². The molecular weight excluding hydrogens is 250 g/mol. The van der Waals surface area contributed by atoms with Gasteiger partial charge in [0, 0.05) is 6.54 Å². The largest absolute Gasteiger partial charge is 0.307 e. The zero-order valence-corrected chi connectivity index (χ0v) is 12.3. The molecule has 1 heterocycles. The molecule has 2 rings (SSSR count). The lowest BCUT2D eigenvalue weighted by atomic mass is 10.1.